The van der Waals surface area contributed by atoms with E-state index in [4.69, 9.17) is 9.15 Å². The summed E-state index contributed by atoms with van der Waals surface area (Å²) in [6, 6.07) is 11.0. The van der Waals surface area contributed by atoms with Crippen molar-refractivity contribution >= 4 is 17.9 Å². The molecule has 0 bridgehead atoms. The van der Waals surface area contributed by atoms with E-state index in [2.05, 4.69) is 6.92 Å². The van der Waals surface area contributed by atoms with Crippen molar-refractivity contribution in [1.29, 1.82) is 0 Å². The maximum atomic E-state index is 12.6. The Labute approximate surface area is 170 Å². The van der Waals surface area contributed by atoms with Crippen LogP contribution in [0.2, 0.25) is 0 Å². The van der Waals surface area contributed by atoms with Gasteiger partial charge in [-0.1, -0.05) is 6.92 Å². The first-order valence-electron chi connectivity index (χ1n) is 10.0. The fourth-order valence-electron chi connectivity index (χ4n) is 3.68. The second-order valence-corrected chi connectivity index (χ2v) is 7.74. The number of rotatable bonds is 5. The van der Waals surface area contributed by atoms with E-state index in [1.807, 2.05) is 12.1 Å². The van der Waals surface area contributed by atoms with Crippen LogP contribution in [0.4, 0.5) is 0 Å². The van der Waals surface area contributed by atoms with Crippen LogP contribution in [0.25, 0.3) is 6.08 Å². The monoisotopic (exact) mass is 394 g/mol. The molecule has 4 rings (SSSR count). The molecule has 6 nitrogen and oxygen atoms in total. The third kappa shape index (κ3) is 4.36. The molecule has 1 aliphatic carbocycles. The molecule has 2 aromatic rings. The number of carbonyl (C=O) groups is 2. The Hall–Kier alpha value is -3.02. The highest BCUT2D eigenvalue weighted by molar-refractivity contribution is 5.95. The van der Waals surface area contributed by atoms with Crippen LogP contribution in [0.1, 0.15) is 41.1 Å². The summed E-state index contributed by atoms with van der Waals surface area (Å²) in [7, 11) is 1.60. The van der Waals surface area contributed by atoms with Gasteiger partial charge < -0.3 is 19.0 Å². The summed E-state index contributed by atoms with van der Waals surface area (Å²) in [5.41, 5.74) is 0.629. The van der Waals surface area contributed by atoms with E-state index in [-0.39, 0.29) is 11.8 Å². The molecule has 0 spiro atoms. The van der Waals surface area contributed by atoms with Crippen molar-refractivity contribution < 1.29 is 18.7 Å². The third-order valence-electron chi connectivity index (χ3n) is 5.73. The van der Waals surface area contributed by atoms with Gasteiger partial charge in [-0.15, -0.1) is 0 Å². The lowest BCUT2D eigenvalue weighted by atomic mass is 10.1. The Kier molecular flexibility index (Phi) is 5.43. The predicted octanol–water partition coefficient (Wildman–Crippen LogP) is 3.41. The number of furan rings is 1. The molecule has 152 valence electrons. The van der Waals surface area contributed by atoms with Crippen molar-refractivity contribution in [2.75, 3.05) is 33.3 Å². The van der Waals surface area contributed by atoms with Gasteiger partial charge in [-0.2, -0.15) is 0 Å². The average Bonchev–Trinajstić information content (AvgIpc) is 3.31. The van der Waals surface area contributed by atoms with Gasteiger partial charge in [0.25, 0.3) is 5.91 Å². The van der Waals surface area contributed by atoms with Crippen LogP contribution in [0, 0.1) is 5.92 Å². The maximum absolute atomic E-state index is 12.6. The normalized spacial score (nSPS) is 21.4. The smallest absolute Gasteiger partial charge is 0.253 e. The molecule has 1 aromatic carbocycles. The number of benzene rings is 1. The average molecular weight is 394 g/mol. The van der Waals surface area contributed by atoms with Crippen LogP contribution >= 0.6 is 0 Å². The quantitative estimate of drug-likeness (QED) is 0.729. The Balaban J connectivity index is 1.28. The zero-order valence-corrected chi connectivity index (χ0v) is 16.8. The van der Waals surface area contributed by atoms with E-state index < -0.39 is 0 Å². The van der Waals surface area contributed by atoms with Crippen molar-refractivity contribution in [2.45, 2.75) is 19.3 Å². The number of ether oxygens (including phenoxy) is 1. The fraction of sp³-hybridized carbons (Fsp3) is 0.391. The molecular weight excluding hydrogens is 368 g/mol. The van der Waals surface area contributed by atoms with Crippen LogP contribution in [0.15, 0.2) is 46.9 Å². The molecule has 2 amide bonds. The van der Waals surface area contributed by atoms with Crippen molar-refractivity contribution in [2.24, 2.45) is 5.92 Å². The summed E-state index contributed by atoms with van der Waals surface area (Å²) < 4.78 is 10.9. The number of carbonyl (C=O) groups excluding carboxylic acids is 2. The van der Waals surface area contributed by atoms with E-state index in [0.717, 1.165) is 11.5 Å². The van der Waals surface area contributed by atoms with E-state index in [1.54, 1.807) is 53.3 Å². The molecule has 6 heteroatoms. The number of methoxy groups -OCH3 is 1. The van der Waals surface area contributed by atoms with E-state index in [0.29, 0.717) is 49.3 Å². The predicted molar refractivity (Wildman–Crippen MR) is 110 cm³/mol. The minimum absolute atomic E-state index is 0.0206. The molecule has 1 aromatic heterocycles. The Morgan fingerprint density at radius 1 is 1.03 bits per heavy atom. The van der Waals surface area contributed by atoms with Crippen LogP contribution in [-0.2, 0) is 4.79 Å². The zero-order chi connectivity index (χ0) is 20.4. The van der Waals surface area contributed by atoms with E-state index in [1.165, 1.54) is 6.42 Å². The minimum atomic E-state index is -0.0562. The second-order valence-electron chi connectivity index (χ2n) is 7.74. The highest BCUT2D eigenvalue weighted by Gasteiger charge is 2.36. The maximum Gasteiger partial charge on any atom is 0.253 e. The standard InChI is InChI=1S/C23H26N2O4/c1-16-15-20(16)21-9-7-19(29-21)8-10-22(26)24-11-13-25(14-12-24)23(27)17-3-5-18(28-2)6-4-17/h3-10,16,20H,11-15H2,1-2H3/b10-8+. The molecule has 1 saturated carbocycles. The number of amides is 2. The molecule has 2 aliphatic rings. The van der Waals surface area contributed by atoms with Gasteiger partial charge in [0, 0.05) is 43.7 Å². The molecule has 0 radical (unpaired) electrons. The fourth-order valence-corrected chi connectivity index (χ4v) is 3.68. The summed E-state index contributed by atoms with van der Waals surface area (Å²) >= 11 is 0. The van der Waals surface area contributed by atoms with Gasteiger partial charge in [0.05, 0.1) is 7.11 Å². The zero-order valence-electron chi connectivity index (χ0n) is 16.8. The molecule has 2 atom stereocenters. The lowest BCUT2D eigenvalue weighted by Gasteiger charge is -2.34. The summed E-state index contributed by atoms with van der Waals surface area (Å²) in [5, 5.41) is 0. The highest BCUT2D eigenvalue weighted by Crippen LogP contribution is 2.47. The lowest BCUT2D eigenvalue weighted by molar-refractivity contribution is -0.127. The second kappa shape index (κ2) is 8.15. The summed E-state index contributed by atoms with van der Waals surface area (Å²) in [4.78, 5) is 28.6. The van der Waals surface area contributed by atoms with Crippen LogP contribution in [0.3, 0.4) is 0 Å². The van der Waals surface area contributed by atoms with Gasteiger partial charge in [0.1, 0.15) is 17.3 Å². The van der Waals surface area contributed by atoms with Crippen molar-refractivity contribution in [3.05, 3.63) is 59.6 Å². The third-order valence-corrected chi connectivity index (χ3v) is 5.73. The highest BCUT2D eigenvalue weighted by atomic mass is 16.5. The Bertz CT molecular complexity index is 907. The molecular formula is C23H26N2O4. The van der Waals surface area contributed by atoms with E-state index in [9.17, 15) is 9.59 Å². The van der Waals surface area contributed by atoms with Crippen molar-refractivity contribution in [3.63, 3.8) is 0 Å². The Morgan fingerprint density at radius 2 is 1.69 bits per heavy atom. The topological polar surface area (TPSA) is 63.0 Å². The number of hydrogen-bond donors (Lipinski definition) is 0. The number of piperazine rings is 1. The van der Waals surface area contributed by atoms with Gasteiger partial charge in [0.2, 0.25) is 5.91 Å². The van der Waals surface area contributed by atoms with Gasteiger partial charge in [-0.3, -0.25) is 9.59 Å². The lowest BCUT2D eigenvalue weighted by Crippen LogP contribution is -2.50. The number of nitrogens with zero attached hydrogens (tertiary/aromatic N) is 2. The number of hydrogen-bond acceptors (Lipinski definition) is 4. The van der Waals surface area contributed by atoms with Gasteiger partial charge in [-0.05, 0) is 54.8 Å². The van der Waals surface area contributed by atoms with Crippen LogP contribution in [0.5, 0.6) is 5.75 Å². The molecule has 29 heavy (non-hydrogen) atoms. The van der Waals surface area contributed by atoms with Gasteiger partial charge >= 0.3 is 0 Å². The van der Waals surface area contributed by atoms with Crippen molar-refractivity contribution in [1.82, 2.24) is 9.80 Å². The molecule has 1 saturated heterocycles. The first-order chi connectivity index (χ1) is 14.0. The van der Waals surface area contributed by atoms with Gasteiger partial charge in [-0.25, -0.2) is 0 Å². The Morgan fingerprint density at radius 3 is 2.31 bits per heavy atom. The first-order valence-corrected chi connectivity index (χ1v) is 10.0. The molecule has 2 unspecified atom stereocenters. The molecule has 2 fully saturated rings. The summed E-state index contributed by atoms with van der Waals surface area (Å²) in [6.07, 6.45) is 4.46. The van der Waals surface area contributed by atoms with Crippen molar-refractivity contribution in [3.8, 4) is 5.75 Å². The van der Waals surface area contributed by atoms with Gasteiger partial charge in [0.15, 0.2) is 0 Å². The first kappa shape index (κ1) is 19.3. The SMILES string of the molecule is COc1ccc(C(=O)N2CCN(C(=O)/C=C/c3ccc(C4CC4C)o3)CC2)cc1. The van der Waals surface area contributed by atoms with Crippen LogP contribution < -0.4 is 4.74 Å². The van der Waals surface area contributed by atoms with Crippen LogP contribution in [-0.4, -0.2) is 54.9 Å². The summed E-state index contributed by atoms with van der Waals surface area (Å²) in [5.74, 6) is 3.59. The molecule has 0 N–H and O–H groups in total. The molecule has 1 aliphatic heterocycles. The largest absolute Gasteiger partial charge is 0.497 e. The molecule has 2 heterocycles. The summed E-state index contributed by atoms with van der Waals surface area (Å²) in [6.45, 7) is 4.30. The minimum Gasteiger partial charge on any atom is -0.497 e. The van der Waals surface area contributed by atoms with E-state index >= 15 is 0 Å².